The van der Waals surface area contributed by atoms with E-state index >= 15 is 0 Å². The number of amides is 1. The van der Waals surface area contributed by atoms with E-state index in [0.29, 0.717) is 121 Å². The number of H-pyrrole nitrogens is 1. The maximum absolute atomic E-state index is 12.8. The first-order chi connectivity index (χ1) is 27.0. The van der Waals surface area contributed by atoms with E-state index in [2.05, 4.69) is 45.1 Å². The minimum absolute atomic E-state index is 0.102. The second-order valence-corrected chi connectivity index (χ2v) is 12.9. The lowest BCUT2D eigenvalue weighted by Gasteiger charge is -2.29. The molecule has 0 aliphatic carbocycles. The summed E-state index contributed by atoms with van der Waals surface area (Å²) >= 11 is 0. The van der Waals surface area contributed by atoms with Crippen LogP contribution in [-0.2, 0) is 52.7 Å². The minimum atomic E-state index is 0.102. The number of methoxy groups -OCH3 is 1. The summed E-state index contributed by atoms with van der Waals surface area (Å²) in [5, 5.41) is 6.62. The van der Waals surface area contributed by atoms with Gasteiger partial charge in [0.1, 0.15) is 23.5 Å². The van der Waals surface area contributed by atoms with Gasteiger partial charge in [0.2, 0.25) is 5.91 Å². The average Bonchev–Trinajstić information content (AvgIpc) is 3.83. The Bertz CT molecular complexity index is 1890. The molecule has 5 N–H and O–H groups in total. The molecule has 0 saturated heterocycles. The highest BCUT2D eigenvalue weighted by atomic mass is 16.5. The van der Waals surface area contributed by atoms with Gasteiger partial charge in [-0.1, -0.05) is 25.1 Å². The number of fused-ring (bicyclic) bond motifs is 3. The molecule has 0 unspecified atom stereocenters. The van der Waals surface area contributed by atoms with Crippen molar-refractivity contribution in [1.82, 2.24) is 34.6 Å². The molecule has 0 saturated carbocycles. The van der Waals surface area contributed by atoms with Gasteiger partial charge < -0.3 is 49.8 Å². The predicted octanol–water partition coefficient (Wildman–Crippen LogP) is 3.36. The van der Waals surface area contributed by atoms with Crippen LogP contribution in [0.4, 0.5) is 5.82 Å². The van der Waals surface area contributed by atoms with Crippen molar-refractivity contribution in [2.24, 2.45) is 5.73 Å². The Balaban J connectivity index is 0.000000384. The highest BCUT2D eigenvalue weighted by molar-refractivity contribution is 5.99. The fourth-order valence-electron chi connectivity index (χ4n) is 6.05. The Hall–Kier alpha value is -4.55. The number of nitrogens with one attached hydrogen (secondary N) is 1. The van der Waals surface area contributed by atoms with Crippen LogP contribution in [0, 0.1) is 0 Å². The summed E-state index contributed by atoms with van der Waals surface area (Å²) in [4.78, 5) is 31.1. The maximum Gasteiger partial charge on any atom is 0.225 e. The maximum atomic E-state index is 12.8. The number of nitrogen functional groups attached to an aromatic ring is 1. The molecule has 16 heteroatoms. The van der Waals surface area contributed by atoms with Crippen molar-refractivity contribution in [3.8, 4) is 11.3 Å². The largest absolute Gasteiger partial charge is 0.383 e. The third kappa shape index (κ3) is 12.5. The predicted molar refractivity (Wildman–Crippen MR) is 209 cm³/mol. The quantitative estimate of drug-likeness (QED) is 0.0869. The zero-order valence-electron chi connectivity index (χ0n) is 32.0. The number of nitrogens with zero attached hydrogens (tertiary/aromatic N) is 6. The fourth-order valence-corrected chi connectivity index (χ4v) is 6.05. The van der Waals surface area contributed by atoms with Crippen LogP contribution in [0.5, 0.6) is 0 Å². The second-order valence-electron chi connectivity index (χ2n) is 12.9. The summed E-state index contributed by atoms with van der Waals surface area (Å²) < 4.78 is 33.3. The van der Waals surface area contributed by atoms with Crippen LogP contribution >= 0.6 is 0 Å². The average molecular weight is 762 g/mol. The monoisotopic (exact) mass is 761 g/mol. The molecule has 1 aromatic carbocycles. The molecule has 0 bridgehead atoms. The number of nitrogens with two attached hydrogens (primary N) is 2. The van der Waals surface area contributed by atoms with Gasteiger partial charge in [0, 0.05) is 56.7 Å². The van der Waals surface area contributed by atoms with E-state index in [4.69, 9.17) is 45.0 Å². The van der Waals surface area contributed by atoms with Gasteiger partial charge in [-0.3, -0.25) is 4.79 Å². The summed E-state index contributed by atoms with van der Waals surface area (Å²) in [6, 6.07) is 10.4. The first-order valence-corrected chi connectivity index (χ1v) is 18.9. The van der Waals surface area contributed by atoms with Gasteiger partial charge in [0.15, 0.2) is 5.65 Å². The van der Waals surface area contributed by atoms with Crippen LogP contribution < -0.4 is 11.5 Å². The zero-order valence-corrected chi connectivity index (χ0v) is 32.0. The second kappa shape index (κ2) is 22.7. The molecule has 298 valence electrons. The number of aromatic amines is 1. The first-order valence-electron chi connectivity index (χ1n) is 18.9. The smallest absolute Gasteiger partial charge is 0.225 e. The molecule has 1 aliphatic rings. The molecule has 4 aromatic heterocycles. The van der Waals surface area contributed by atoms with Gasteiger partial charge in [-0.25, -0.2) is 19.6 Å². The van der Waals surface area contributed by atoms with Crippen molar-refractivity contribution in [2.75, 3.05) is 98.6 Å². The Morgan fingerprint density at radius 1 is 0.855 bits per heavy atom. The molecular formula is C39H55N9O7. The van der Waals surface area contributed by atoms with Crippen LogP contribution in [0.3, 0.4) is 0 Å². The molecule has 0 fully saturated rings. The van der Waals surface area contributed by atoms with Crippen LogP contribution in [0.1, 0.15) is 36.5 Å². The topological polar surface area (TPSA) is 200 Å². The lowest BCUT2D eigenvalue weighted by Crippen LogP contribution is -2.36. The van der Waals surface area contributed by atoms with Gasteiger partial charge in [-0.15, -0.1) is 0 Å². The van der Waals surface area contributed by atoms with Crippen LogP contribution in [-0.4, -0.2) is 133 Å². The van der Waals surface area contributed by atoms with E-state index in [0.717, 1.165) is 47.2 Å². The first kappa shape index (κ1) is 41.6. The van der Waals surface area contributed by atoms with Crippen molar-refractivity contribution in [3.63, 3.8) is 0 Å². The van der Waals surface area contributed by atoms with E-state index in [9.17, 15) is 4.79 Å². The molecular weight excluding hydrogens is 706 g/mol. The number of ether oxygens (including phenoxy) is 6. The lowest BCUT2D eigenvalue weighted by molar-refractivity contribution is -0.133. The Labute approximate surface area is 321 Å². The Morgan fingerprint density at radius 3 is 2.33 bits per heavy atom. The summed E-state index contributed by atoms with van der Waals surface area (Å²) in [5.41, 5.74) is 18.1. The molecule has 6 rings (SSSR count). The van der Waals surface area contributed by atoms with Crippen LogP contribution in [0.15, 0.2) is 49.1 Å². The van der Waals surface area contributed by atoms with E-state index in [1.165, 1.54) is 11.9 Å². The number of carbonyl (C=O) groups is 1. The third-order valence-electron chi connectivity index (χ3n) is 8.82. The molecule has 1 aliphatic heterocycles. The number of benzene rings is 1. The molecule has 5 aromatic rings. The Morgan fingerprint density at radius 2 is 1.58 bits per heavy atom. The number of rotatable bonds is 22. The number of hydrogen-bond donors (Lipinski definition) is 3. The van der Waals surface area contributed by atoms with E-state index < -0.39 is 0 Å². The van der Waals surface area contributed by atoms with E-state index in [1.54, 1.807) is 13.3 Å². The molecule has 16 nitrogen and oxygen atoms in total. The van der Waals surface area contributed by atoms with Crippen molar-refractivity contribution < 1.29 is 33.2 Å². The summed E-state index contributed by atoms with van der Waals surface area (Å²) in [7, 11) is 1.64. The third-order valence-corrected chi connectivity index (χ3v) is 8.82. The Kier molecular flexibility index (Phi) is 17.2. The van der Waals surface area contributed by atoms with E-state index in [1.807, 2.05) is 27.9 Å². The lowest BCUT2D eigenvalue weighted by atomic mass is 9.97. The number of anilines is 1. The van der Waals surface area contributed by atoms with Gasteiger partial charge >= 0.3 is 0 Å². The fraction of sp³-hybridized carbons (Fsp3) is 0.513. The van der Waals surface area contributed by atoms with E-state index in [-0.39, 0.29) is 5.91 Å². The molecule has 1 amide bonds. The summed E-state index contributed by atoms with van der Waals surface area (Å²) in [6.07, 6.45) is 7.32. The van der Waals surface area contributed by atoms with Crippen molar-refractivity contribution in [1.29, 1.82) is 0 Å². The molecule has 0 spiro atoms. The van der Waals surface area contributed by atoms with Crippen molar-refractivity contribution >= 4 is 33.8 Å². The van der Waals surface area contributed by atoms with Crippen LogP contribution in [0.25, 0.3) is 33.3 Å². The highest BCUT2D eigenvalue weighted by Gasteiger charge is 2.22. The van der Waals surface area contributed by atoms with Crippen molar-refractivity contribution in [3.05, 3.63) is 65.7 Å². The standard InChI is InChI=1S/C30H34N8O4.C9H21NO3/c1-40-10-11-42-13-12-41-9-6-25(39)37-8-5-21-14-20(2-3-23(21)18-37)17-38-30-26(28(31)34-19-35-30)27(36-38)24-15-22-4-7-32-29(22)33-16-24;1-2-4-11-6-8-13-9-7-12-5-3-10/h2-4,7,14-16,19H,5-6,8-13,17-18H2,1H3,(H,32,33)(H2,31,34,35);2-10H2,1H3. The normalized spacial score (nSPS) is 12.6. The van der Waals surface area contributed by atoms with Crippen LogP contribution in [0.2, 0.25) is 0 Å². The molecule has 5 heterocycles. The SMILES string of the molecule is CCCOCCOCCOCCN.COCCOCCOCCC(=O)N1CCc2cc(Cn3nc(-c4cnc5[nH]ccc5c4)c4c(N)ncnc43)ccc2C1. The number of pyridine rings is 1. The van der Waals surface area contributed by atoms with Gasteiger partial charge in [0.25, 0.3) is 0 Å². The number of aromatic nitrogens is 6. The van der Waals surface area contributed by atoms with Crippen molar-refractivity contribution in [2.45, 2.75) is 39.3 Å². The van der Waals surface area contributed by atoms with Gasteiger partial charge in [-0.05, 0) is 41.7 Å². The molecule has 55 heavy (non-hydrogen) atoms. The molecule has 0 atom stereocenters. The number of carbonyl (C=O) groups excluding carboxylic acids is 1. The van der Waals surface area contributed by atoms with Gasteiger partial charge in [0.05, 0.1) is 84.4 Å². The summed E-state index contributed by atoms with van der Waals surface area (Å²) in [5.74, 6) is 0.483. The minimum Gasteiger partial charge on any atom is -0.383 e. The molecule has 0 radical (unpaired) electrons. The summed E-state index contributed by atoms with van der Waals surface area (Å²) in [6.45, 7) is 10.9. The zero-order chi connectivity index (χ0) is 38.7. The highest BCUT2D eigenvalue weighted by Crippen LogP contribution is 2.32. The van der Waals surface area contributed by atoms with Gasteiger partial charge in [-0.2, -0.15) is 5.10 Å². The number of hydrogen-bond acceptors (Lipinski definition) is 13.